The van der Waals surface area contributed by atoms with Crippen LogP contribution in [0.25, 0.3) is 0 Å². The second kappa shape index (κ2) is 7.89. The maximum Gasteiger partial charge on any atom is 0.305 e. The Labute approximate surface area is 121 Å². The lowest BCUT2D eigenvalue weighted by molar-refractivity contribution is -0.138. The van der Waals surface area contributed by atoms with Crippen molar-refractivity contribution in [3.8, 4) is 0 Å². The van der Waals surface area contributed by atoms with Gasteiger partial charge in [0.25, 0.3) is 0 Å². The second-order valence-corrected chi connectivity index (χ2v) is 5.81. The lowest BCUT2D eigenvalue weighted by atomic mass is 10.0. The molecular formula is C14H18FNO3S. The molecule has 0 fully saturated rings. The van der Waals surface area contributed by atoms with E-state index in [1.54, 1.807) is 12.1 Å². The zero-order valence-corrected chi connectivity index (χ0v) is 12.2. The number of carboxylic acid groups (broad SMARTS) is 1. The van der Waals surface area contributed by atoms with E-state index < -0.39 is 5.97 Å². The number of carbonyl (C=O) groups excluding carboxylic acids is 1. The fourth-order valence-electron chi connectivity index (χ4n) is 1.57. The molecule has 1 atom stereocenters. The Balaban J connectivity index is 2.45. The molecule has 1 unspecified atom stereocenters. The average molecular weight is 299 g/mol. The molecule has 6 heteroatoms. The van der Waals surface area contributed by atoms with Crippen LogP contribution in [0.5, 0.6) is 0 Å². The van der Waals surface area contributed by atoms with Gasteiger partial charge in [-0.3, -0.25) is 9.59 Å². The van der Waals surface area contributed by atoms with Crippen LogP contribution < -0.4 is 5.32 Å². The van der Waals surface area contributed by atoms with Crippen molar-refractivity contribution < 1.29 is 19.1 Å². The fraction of sp³-hybridized carbons (Fsp3) is 0.429. The van der Waals surface area contributed by atoms with Gasteiger partial charge in [0, 0.05) is 10.9 Å². The average Bonchev–Trinajstić information content (AvgIpc) is 2.36. The first-order chi connectivity index (χ1) is 9.38. The molecule has 0 bridgehead atoms. The highest BCUT2D eigenvalue weighted by Gasteiger charge is 2.19. The van der Waals surface area contributed by atoms with E-state index in [9.17, 15) is 14.0 Å². The second-order valence-electron chi connectivity index (χ2n) is 4.76. The molecule has 0 heterocycles. The van der Waals surface area contributed by atoms with Crippen LogP contribution in [0.2, 0.25) is 0 Å². The Bertz CT molecular complexity index is 462. The maximum atomic E-state index is 12.7. The summed E-state index contributed by atoms with van der Waals surface area (Å²) in [6.07, 6.45) is -0.0926. The molecule has 1 aromatic rings. The molecule has 1 amide bonds. The van der Waals surface area contributed by atoms with Crippen molar-refractivity contribution in [3.63, 3.8) is 0 Å². The van der Waals surface area contributed by atoms with E-state index in [0.29, 0.717) is 0 Å². The lowest BCUT2D eigenvalue weighted by Gasteiger charge is -2.20. The molecule has 0 saturated heterocycles. The highest BCUT2D eigenvalue weighted by molar-refractivity contribution is 8.00. The Morgan fingerprint density at radius 1 is 1.30 bits per heavy atom. The number of carboxylic acids is 1. The third-order valence-corrected chi connectivity index (χ3v) is 3.74. The largest absolute Gasteiger partial charge is 0.481 e. The Morgan fingerprint density at radius 2 is 1.90 bits per heavy atom. The molecular weight excluding hydrogens is 281 g/mol. The minimum atomic E-state index is -0.935. The molecule has 1 rings (SSSR count). The van der Waals surface area contributed by atoms with E-state index in [-0.39, 0.29) is 35.9 Å². The summed E-state index contributed by atoms with van der Waals surface area (Å²) in [4.78, 5) is 23.3. The predicted octanol–water partition coefficient (Wildman–Crippen LogP) is 2.53. The zero-order valence-electron chi connectivity index (χ0n) is 11.4. The summed E-state index contributed by atoms with van der Waals surface area (Å²) >= 11 is 1.28. The molecule has 0 aliphatic carbocycles. The number of nitrogens with one attached hydrogen (secondary N) is 1. The van der Waals surface area contributed by atoms with Crippen molar-refractivity contribution in [2.75, 3.05) is 5.75 Å². The van der Waals surface area contributed by atoms with Crippen LogP contribution in [0.3, 0.4) is 0 Å². The molecule has 0 saturated carbocycles. The monoisotopic (exact) mass is 299 g/mol. The van der Waals surface area contributed by atoms with Crippen molar-refractivity contribution in [1.82, 2.24) is 5.32 Å². The van der Waals surface area contributed by atoms with Gasteiger partial charge in [-0.05, 0) is 30.2 Å². The van der Waals surface area contributed by atoms with E-state index in [1.165, 1.54) is 23.9 Å². The SMILES string of the molecule is CC(C)C(CC(=O)O)NC(=O)CSc1ccc(F)cc1. The van der Waals surface area contributed by atoms with Gasteiger partial charge in [0.2, 0.25) is 5.91 Å². The number of amides is 1. The molecule has 20 heavy (non-hydrogen) atoms. The predicted molar refractivity (Wildman–Crippen MR) is 76.1 cm³/mol. The van der Waals surface area contributed by atoms with Crippen molar-refractivity contribution in [1.29, 1.82) is 0 Å². The molecule has 2 N–H and O–H groups in total. The smallest absolute Gasteiger partial charge is 0.305 e. The van der Waals surface area contributed by atoms with Crippen LogP contribution in [-0.2, 0) is 9.59 Å². The highest BCUT2D eigenvalue weighted by Crippen LogP contribution is 2.18. The first-order valence-corrected chi connectivity index (χ1v) is 7.26. The van der Waals surface area contributed by atoms with Gasteiger partial charge in [-0.15, -0.1) is 11.8 Å². The highest BCUT2D eigenvalue weighted by atomic mass is 32.2. The molecule has 1 aromatic carbocycles. The maximum absolute atomic E-state index is 12.7. The summed E-state index contributed by atoms with van der Waals surface area (Å²) in [5.74, 6) is -1.26. The summed E-state index contributed by atoms with van der Waals surface area (Å²) in [5.41, 5.74) is 0. The molecule has 0 spiro atoms. The standard InChI is InChI=1S/C14H18FNO3S/c1-9(2)12(7-14(18)19)16-13(17)8-20-11-5-3-10(15)4-6-11/h3-6,9,12H,7-8H2,1-2H3,(H,16,17)(H,18,19). The van der Waals surface area contributed by atoms with Gasteiger partial charge in [-0.1, -0.05) is 13.8 Å². The van der Waals surface area contributed by atoms with Crippen LogP contribution in [0.1, 0.15) is 20.3 Å². The third kappa shape index (κ3) is 6.06. The van der Waals surface area contributed by atoms with E-state index in [4.69, 9.17) is 5.11 Å². The van der Waals surface area contributed by atoms with Crippen LogP contribution in [0.15, 0.2) is 29.2 Å². The summed E-state index contributed by atoms with van der Waals surface area (Å²) in [5, 5.41) is 11.5. The third-order valence-electron chi connectivity index (χ3n) is 2.73. The normalized spacial score (nSPS) is 12.2. The van der Waals surface area contributed by atoms with Crippen molar-refractivity contribution >= 4 is 23.6 Å². The molecule has 0 aliphatic rings. The van der Waals surface area contributed by atoms with E-state index in [1.807, 2.05) is 13.8 Å². The number of carbonyl (C=O) groups is 2. The van der Waals surface area contributed by atoms with E-state index in [2.05, 4.69) is 5.32 Å². The van der Waals surface area contributed by atoms with Gasteiger partial charge in [0.1, 0.15) is 5.82 Å². The minimum Gasteiger partial charge on any atom is -0.481 e. The van der Waals surface area contributed by atoms with Crippen LogP contribution in [-0.4, -0.2) is 28.8 Å². The summed E-state index contributed by atoms with van der Waals surface area (Å²) in [6.45, 7) is 3.72. The number of thioether (sulfide) groups is 1. The summed E-state index contributed by atoms with van der Waals surface area (Å²) < 4.78 is 12.7. The van der Waals surface area contributed by atoms with Crippen LogP contribution >= 0.6 is 11.8 Å². The molecule has 4 nitrogen and oxygen atoms in total. The quantitative estimate of drug-likeness (QED) is 0.759. The van der Waals surface area contributed by atoms with Crippen molar-refractivity contribution in [3.05, 3.63) is 30.1 Å². The molecule has 0 radical (unpaired) electrons. The first kappa shape index (κ1) is 16.5. The van der Waals surface area contributed by atoms with Gasteiger partial charge in [-0.25, -0.2) is 4.39 Å². The number of aliphatic carboxylic acids is 1. The summed E-state index contributed by atoms with van der Waals surface area (Å²) in [6, 6.07) is 5.49. The topological polar surface area (TPSA) is 66.4 Å². The van der Waals surface area contributed by atoms with Gasteiger partial charge >= 0.3 is 5.97 Å². The van der Waals surface area contributed by atoms with Crippen molar-refractivity contribution in [2.45, 2.75) is 31.2 Å². The van der Waals surface area contributed by atoms with Crippen molar-refractivity contribution in [2.24, 2.45) is 5.92 Å². The van der Waals surface area contributed by atoms with Gasteiger partial charge in [0.15, 0.2) is 0 Å². The van der Waals surface area contributed by atoms with E-state index >= 15 is 0 Å². The minimum absolute atomic E-state index is 0.0471. The summed E-state index contributed by atoms with van der Waals surface area (Å²) in [7, 11) is 0. The number of halogens is 1. The van der Waals surface area contributed by atoms with Gasteiger partial charge in [0.05, 0.1) is 12.2 Å². The number of benzene rings is 1. The zero-order chi connectivity index (χ0) is 15.1. The number of hydrogen-bond acceptors (Lipinski definition) is 3. The molecule has 110 valence electrons. The Morgan fingerprint density at radius 3 is 2.40 bits per heavy atom. The Kier molecular flexibility index (Phi) is 6.51. The van der Waals surface area contributed by atoms with Gasteiger partial charge in [-0.2, -0.15) is 0 Å². The van der Waals surface area contributed by atoms with Gasteiger partial charge < -0.3 is 10.4 Å². The van der Waals surface area contributed by atoms with E-state index in [0.717, 1.165) is 4.90 Å². The number of hydrogen-bond donors (Lipinski definition) is 2. The fourth-order valence-corrected chi connectivity index (χ4v) is 2.28. The number of rotatable bonds is 7. The Hall–Kier alpha value is -1.56. The van der Waals surface area contributed by atoms with Crippen LogP contribution in [0.4, 0.5) is 4.39 Å². The lowest BCUT2D eigenvalue weighted by Crippen LogP contribution is -2.40. The first-order valence-electron chi connectivity index (χ1n) is 6.28. The molecule has 0 aliphatic heterocycles. The van der Waals surface area contributed by atoms with Crippen LogP contribution in [0, 0.1) is 11.7 Å². The molecule has 0 aromatic heterocycles.